The summed E-state index contributed by atoms with van der Waals surface area (Å²) in [5.41, 5.74) is 6.00. The van der Waals surface area contributed by atoms with Crippen LogP contribution in [0.2, 0.25) is 0 Å². The molecule has 0 bridgehead atoms. The maximum Gasteiger partial charge on any atom is 0.269 e. The Bertz CT molecular complexity index is 281. The second-order valence-electron chi connectivity index (χ2n) is 3.53. The Morgan fingerprint density at radius 3 is 2.86 bits per heavy atom. The van der Waals surface area contributed by atoms with Crippen LogP contribution in [0.25, 0.3) is 0 Å². The minimum Gasteiger partial charge on any atom is -0.346 e. The van der Waals surface area contributed by atoms with E-state index < -0.39 is 0 Å². The fourth-order valence-electron chi connectivity index (χ4n) is 1.13. The first-order chi connectivity index (χ1) is 6.65. The maximum absolute atomic E-state index is 11.5. The van der Waals surface area contributed by atoms with E-state index in [9.17, 15) is 4.79 Å². The molecule has 1 heterocycles. The molecule has 1 rings (SSSR count). The van der Waals surface area contributed by atoms with Gasteiger partial charge in [-0.25, -0.2) is 0 Å². The molecule has 0 aliphatic carbocycles. The zero-order valence-electron chi connectivity index (χ0n) is 8.45. The number of hydrogen-bond donors (Lipinski definition) is 3. The van der Waals surface area contributed by atoms with Crippen LogP contribution in [0.4, 0.5) is 0 Å². The van der Waals surface area contributed by atoms with Crippen LogP contribution in [0.5, 0.6) is 0 Å². The van der Waals surface area contributed by atoms with Crippen molar-refractivity contribution < 1.29 is 4.79 Å². The Balaban J connectivity index is 2.56. The van der Waals surface area contributed by atoms with E-state index in [0.717, 1.165) is 0 Å². The van der Waals surface area contributed by atoms with E-state index >= 15 is 0 Å². The van der Waals surface area contributed by atoms with Crippen molar-refractivity contribution in [2.45, 2.75) is 19.9 Å². The minimum absolute atomic E-state index is 0.00537. The van der Waals surface area contributed by atoms with Crippen LogP contribution < -0.4 is 11.1 Å². The number of amides is 1. The van der Waals surface area contributed by atoms with Gasteiger partial charge in [0.25, 0.3) is 5.91 Å². The molecule has 1 atom stereocenters. The highest BCUT2D eigenvalue weighted by molar-refractivity contribution is 5.92. The van der Waals surface area contributed by atoms with E-state index in [2.05, 4.69) is 15.5 Å². The molecule has 1 aromatic heterocycles. The lowest BCUT2D eigenvalue weighted by molar-refractivity contribution is 0.0922. The van der Waals surface area contributed by atoms with E-state index in [1.807, 2.05) is 13.8 Å². The molecule has 0 aliphatic heterocycles. The molecule has 0 aromatic carbocycles. The molecule has 5 nitrogen and oxygen atoms in total. The van der Waals surface area contributed by atoms with Crippen molar-refractivity contribution in [2.24, 2.45) is 11.7 Å². The summed E-state index contributed by atoms with van der Waals surface area (Å²) >= 11 is 0. The summed E-state index contributed by atoms with van der Waals surface area (Å²) in [6.45, 7) is 4.48. The molecule has 0 saturated carbocycles. The van der Waals surface area contributed by atoms with Gasteiger partial charge in [0.1, 0.15) is 5.69 Å². The van der Waals surface area contributed by atoms with Gasteiger partial charge >= 0.3 is 0 Å². The van der Waals surface area contributed by atoms with Crippen LogP contribution in [-0.4, -0.2) is 28.7 Å². The van der Waals surface area contributed by atoms with Gasteiger partial charge < -0.3 is 11.1 Å². The van der Waals surface area contributed by atoms with Gasteiger partial charge in [0.2, 0.25) is 0 Å². The van der Waals surface area contributed by atoms with Crippen molar-refractivity contribution in [1.29, 1.82) is 0 Å². The predicted molar refractivity (Wildman–Crippen MR) is 53.7 cm³/mol. The van der Waals surface area contributed by atoms with Crippen molar-refractivity contribution in [2.75, 3.05) is 6.54 Å². The van der Waals surface area contributed by atoms with Crippen molar-refractivity contribution in [3.05, 3.63) is 18.0 Å². The molecule has 0 fully saturated rings. The number of nitrogens with zero attached hydrogens (tertiary/aromatic N) is 1. The second kappa shape index (κ2) is 4.76. The number of carbonyl (C=O) groups excluding carboxylic acids is 1. The van der Waals surface area contributed by atoms with Gasteiger partial charge in [-0.15, -0.1) is 0 Å². The fraction of sp³-hybridized carbons (Fsp3) is 0.556. The number of aromatic amines is 1. The van der Waals surface area contributed by atoms with Gasteiger partial charge in [-0.1, -0.05) is 13.8 Å². The predicted octanol–water partition coefficient (Wildman–Crippen LogP) is 0.123. The van der Waals surface area contributed by atoms with Crippen molar-refractivity contribution in [1.82, 2.24) is 15.5 Å². The Morgan fingerprint density at radius 1 is 1.71 bits per heavy atom. The van der Waals surface area contributed by atoms with Crippen molar-refractivity contribution >= 4 is 5.91 Å². The van der Waals surface area contributed by atoms with Crippen LogP contribution in [-0.2, 0) is 0 Å². The van der Waals surface area contributed by atoms with Gasteiger partial charge in [-0.05, 0) is 12.0 Å². The van der Waals surface area contributed by atoms with Crippen LogP contribution in [0, 0.1) is 5.92 Å². The van der Waals surface area contributed by atoms with E-state index in [1.165, 1.54) is 0 Å². The monoisotopic (exact) mass is 196 g/mol. The third kappa shape index (κ3) is 2.56. The molecule has 0 aliphatic rings. The Hall–Kier alpha value is -1.36. The molecule has 0 radical (unpaired) electrons. The first-order valence-corrected chi connectivity index (χ1v) is 4.65. The van der Waals surface area contributed by atoms with Gasteiger partial charge in [0.05, 0.1) is 0 Å². The van der Waals surface area contributed by atoms with E-state index in [4.69, 9.17) is 5.73 Å². The normalized spacial score (nSPS) is 12.9. The lowest BCUT2D eigenvalue weighted by Crippen LogP contribution is -2.43. The van der Waals surface area contributed by atoms with Gasteiger partial charge in [0, 0.05) is 18.8 Å². The molecule has 4 N–H and O–H groups in total. The maximum atomic E-state index is 11.5. The molecule has 0 spiro atoms. The average Bonchev–Trinajstić information content (AvgIpc) is 2.65. The third-order valence-corrected chi connectivity index (χ3v) is 2.12. The van der Waals surface area contributed by atoms with Gasteiger partial charge in [-0.3, -0.25) is 9.89 Å². The number of H-pyrrole nitrogens is 1. The lowest BCUT2D eigenvalue weighted by Gasteiger charge is -2.19. The molecule has 1 aromatic rings. The second-order valence-corrected chi connectivity index (χ2v) is 3.53. The quantitative estimate of drug-likeness (QED) is 0.639. The SMILES string of the molecule is CC(C)C(CN)NC(=O)c1ccn[nH]1. The first kappa shape index (κ1) is 10.7. The minimum atomic E-state index is -0.161. The zero-order chi connectivity index (χ0) is 10.6. The number of carbonyl (C=O) groups is 1. The van der Waals surface area contributed by atoms with E-state index in [1.54, 1.807) is 12.3 Å². The standard InChI is InChI=1S/C9H16N4O/c1-6(2)8(5-10)12-9(14)7-3-4-11-13-7/h3-4,6,8H,5,10H2,1-2H3,(H,11,13)(H,12,14). The summed E-state index contributed by atoms with van der Waals surface area (Å²) in [5.74, 6) is 0.165. The van der Waals surface area contributed by atoms with Crippen LogP contribution >= 0.6 is 0 Å². The number of rotatable bonds is 4. The Morgan fingerprint density at radius 2 is 2.43 bits per heavy atom. The Kier molecular flexibility index (Phi) is 3.64. The van der Waals surface area contributed by atoms with Crippen molar-refractivity contribution in [3.8, 4) is 0 Å². The molecule has 5 heteroatoms. The van der Waals surface area contributed by atoms with Crippen LogP contribution in [0.1, 0.15) is 24.3 Å². The van der Waals surface area contributed by atoms with Crippen LogP contribution in [0.15, 0.2) is 12.3 Å². The summed E-state index contributed by atoms with van der Waals surface area (Å²) in [6.07, 6.45) is 1.54. The highest BCUT2D eigenvalue weighted by atomic mass is 16.2. The molecular formula is C9H16N4O. The highest BCUT2D eigenvalue weighted by Gasteiger charge is 2.15. The molecule has 14 heavy (non-hydrogen) atoms. The largest absolute Gasteiger partial charge is 0.346 e. The smallest absolute Gasteiger partial charge is 0.269 e. The lowest BCUT2D eigenvalue weighted by atomic mass is 10.0. The van der Waals surface area contributed by atoms with E-state index in [0.29, 0.717) is 18.2 Å². The summed E-state index contributed by atoms with van der Waals surface area (Å²) in [5, 5.41) is 9.14. The summed E-state index contributed by atoms with van der Waals surface area (Å²) in [6, 6.07) is 1.63. The fourth-order valence-corrected chi connectivity index (χ4v) is 1.13. The van der Waals surface area contributed by atoms with E-state index in [-0.39, 0.29) is 11.9 Å². The Labute approximate surface area is 83.1 Å². The summed E-state index contributed by atoms with van der Waals surface area (Å²) in [4.78, 5) is 11.5. The number of aromatic nitrogens is 2. The highest BCUT2D eigenvalue weighted by Crippen LogP contribution is 2.01. The number of hydrogen-bond acceptors (Lipinski definition) is 3. The molecule has 0 saturated heterocycles. The molecule has 78 valence electrons. The third-order valence-electron chi connectivity index (χ3n) is 2.12. The number of nitrogens with two attached hydrogens (primary N) is 1. The zero-order valence-corrected chi connectivity index (χ0v) is 8.45. The molecule has 1 unspecified atom stereocenters. The van der Waals surface area contributed by atoms with Crippen LogP contribution in [0.3, 0.4) is 0 Å². The topological polar surface area (TPSA) is 83.8 Å². The van der Waals surface area contributed by atoms with Crippen molar-refractivity contribution in [3.63, 3.8) is 0 Å². The summed E-state index contributed by atoms with van der Waals surface area (Å²) in [7, 11) is 0. The molecular weight excluding hydrogens is 180 g/mol. The van der Waals surface area contributed by atoms with Gasteiger partial charge in [-0.2, -0.15) is 5.10 Å². The summed E-state index contributed by atoms with van der Waals surface area (Å²) < 4.78 is 0. The first-order valence-electron chi connectivity index (χ1n) is 4.65. The molecule has 1 amide bonds. The number of nitrogens with one attached hydrogen (secondary N) is 2. The van der Waals surface area contributed by atoms with Gasteiger partial charge in [0.15, 0.2) is 0 Å². The average molecular weight is 196 g/mol.